The van der Waals surface area contributed by atoms with E-state index < -0.39 is 17.8 Å². The van der Waals surface area contributed by atoms with Crippen molar-refractivity contribution in [1.82, 2.24) is 4.90 Å². The summed E-state index contributed by atoms with van der Waals surface area (Å²) in [6.07, 6.45) is 0.952. The molecule has 0 aromatic heterocycles. The molecule has 3 unspecified atom stereocenters. The molecule has 7 heteroatoms. The van der Waals surface area contributed by atoms with Crippen LogP contribution >= 0.6 is 0 Å². The van der Waals surface area contributed by atoms with E-state index in [0.29, 0.717) is 47.9 Å². The minimum Gasteiger partial charge on any atom is -0.506 e. The number of amides is 1. The van der Waals surface area contributed by atoms with Crippen molar-refractivity contribution in [3.8, 4) is 11.5 Å². The molecular weight excluding hydrogens is 382 g/mol. The molecule has 2 heterocycles. The lowest BCUT2D eigenvalue weighted by atomic mass is 10.0. The number of nitrogens with zero attached hydrogens (tertiary/aromatic N) is 2. The van der Waals surface area contributed by atoms with Gasteiger partial charge < -0.3 is 20.5 Å². The van der Waals surface area contributed by atoms with Gasteiger partial charge in [-0.2, -0.15) is 0 Å². The minimum atomic E-state index is -1.30. The smallest absolute Gasteiger partial charge is 0.276 e. The van der Waals surface area contributed by atoms with Gasteiger partial charge in [0.25, 0.3) is 5.91 Å². The Labute approximate surface area is 176 Å². The average molecular weight is 409 g/mol. The second-order valence-corrected chi connectivity index (χ2v) is 8.11. The van der Waals surface area contributed by atoms with Crippen LogP contribution in [0.25, 0.3) is 0 Å². The molecule has 0 radical (unpaired) electrons. The maximum absolute atomic E-state index is 13.3. The number of ketones is 1. The second kappa shape index (κ2) is 7.99. The highest BCUT2D eigenvalue weighted by atomic mass is 16.5. The van der Waals surface area contributed by atoms with Crippen molar-refractivity contribution < 1.29 is 19.4 Å². The number of ether oxygens (including phenoxy) is 1. The molecule has 0 aliphatic carbocycles. The van der Waals surface area contributed by atoms with Crippen LogP contribution in [0.5, 0.6) is 11.5 Å². The number of anilines is 2. The van der Waals surface area contributed by atoms with Gasteiger partial charge in [0.1, 0.15) is 17.2 Å². The van der Waals surface area contributed by atoms with Gasteiger partial charge in [0.15, 0.2) is 0 Å². The first-order chi connectivity index (χ1) is 14.4. The maximum atomic E-state index is 13.3. The fourth-order valence-corrected chi connectivity index (χ4v) is 4.40. The van der Waals surface area contributed by atoms with Crippen LogP contribution in [0.1, 0.15) is 37.0 Å². The van der Waals surface area contributed by atoms with Crippen molar-refractivity contribution in [2.24, 2.45) is 0 Å². The van der Waals surface area contributed by atoms with Gasteiger partial charge in [-0.3, -0.25) is 14.5 Å². The summed E-state index contributed by atoms with van der Waals surface area (Å²) in [4.78, 5) is 30.2. The molecule has 1 fully saturated rings. The number of likely N-dealkylation sites (tertiary alicyclic amines) is 1. The van der Waals surface area contributed by atoms with Crippen LogP contribution in [0.3, 0.4) is 0 Å². The number of phenolic OH excluding ortho intramolecular Hbond substituents is 1. The van der Waals surface area contributed by atoms with Gasteiger partial charge in [-0.25, -0.2) is 0 Å². The van der Waals surface area contributed by atoms with Crippen LogP contribution < -0.4 is 15.4 Å². The SMILES string of the molecule is CC1CCC(C)N1CCN1C(=O)C(C(=O)c2ccc(N)cc2)Oc2cccc(O)c21. The first-order valence-corrected chi connectivity index (χ1v) is 10.3. The first-order valence-electron chi connectivity index (χ1n) is 10.3. The molecular formula is C23H27N3O4. The Morgan fingerprint density at radius 2 is 1.77 bits per heavy atom. The average Bonchev–Trinajstić information content (AvgIpc) is 3.05. The number of nitrogens with two attached hydrogens (primary N) is 1. The zero-order valence-electron chi connectivity index (χ0n) is 17.2. The third-order valence-electron chi connectivity index (χ3n) is 6.13. The van der Waals surface area contributed by atoms with E-state index in [-0.39, 0.29) is 5.75 Å². The number of carbonyl (C=O) groups excluding carboxylic acids is 2. The first kappa shape index (κ1) is 20.2. The second-order valence-electron chi connectivity index (χ2n) is 8.11. The zero-order valence-corrected chi connectivity index (χ0v) is 17.2. The molecule has 4 rings (SSSR count). The van der Waals surface area contributed by atoms with Crippen molar-refractivity contribution in [3.05, 3.63) is 48.0 Å². The fraction of sp³-hybridized carbons (Fsp3) is 0.391. The summed E-state index contributed by atoms with van der Waals surface area (Å²) in [5, 5.41) is 10.4. The number of aromatic hydroxyl groups is 1. The molecule has 3 atom stereocenters. The number of para-hydroxylation sites is 1. The molecule has 0 spiro atoms. The monoisotopic (exact) mass is 409 g/mol. The van der Waals surface area contributed by atoms with Crippen LogP contribution in [-0.2, 0) is 4.79 Å². The zero-order chi connectivity index (χ0) is 21.4. The van der Waals surface area contributed by atoms with Crippen molar-refractivity contribution in [3.63, 3.8) is 0 Å². The van der Waals surface area contributed by atoms with Crippen molar-refractivity contribution in [1.29, 1.82) is 0 Å². The highest BCUT2D eigenvalue weighted by Gasteiger charge is 2.41. The Balaban J connectivity index is 1.63. The van der Waals surface area contributed by atoms with E-state index in [0.717, 1.165) is 12.8 Å². The standard InChI is InChI=1S/C23H27N3O4/c1-14-6-7-15(2)25(14)12-13-26-20-18(27)4-3-5-19(20)30-22(23(26)29)21(28)16-8-10-17(24)11-9-16/h3-5,8-11,14-15,22,27H,6-7,12-13,24H2,1-2H3. The predicted octanol–water partition coefficient (Wildman–Crippen LogP) is 2.82. The number of benzene rings is 2. The summed E-state index contributed by atoms with van der Waals surface area (Å²) in [6.45, 7) is 5.39. The summed E-state index contributed by atoms with van der Waals surface area (Å²) >= 11 is 0. The van der Waals surface area contributed by atoms with Gasteiger partial charge in [0, 0.05) is 36.4 Å². The molecule has 2 aliphatic rings. The third kappa shape index (κ3) is 3.61. The number of carbonyl (C=O) groups is 2. The number of Topliss-reactive ketones (excluding diaryl/α,β-unsaturated/α-hetero) is 1. The van der Waals surface area contributed by atoms with E-state index in [2.05, 4.69) is 18.7 Å². The maximum Gasteiger partial charge on any atom is 0.276 e. The minimum absolute atomic E-state index is 0.0400. The number of nitrogen functional groups attached to an aromatic ring is 1. The Hall–Kier alpha value is -3.06. The lowest BCUT2D eigenvalue weighted by Gasteiger charge is -2.36. The Kier molecular flexibility index (Phi) is 5.39. The van der Waals surface area contributed by atoms with Crippen LogP contribution in [0.2, 0.25) is 0 Å². The topological polar surface area (TPSA) is 96.1 Å². The lowest BCUT2D eigenvalue weighted by molar-refractivity contribution is -0.124. The van der Waals surface area contributed by atoms with Gasteiger partial charge >= 0.3 is 0 Å². The lowest BCUT2D eigenvalue weighted by Crippen LogP contribution is -2.52. The van der Waals surface area contributed by atoms with Crippen LogP contribution in [0.15, 0.2) is 42.5 Å². The third-order valence-corrected chi connectivity index (χ3v) is 6.13. The molecule has 2 aromatic carbocycles. The van der Waals surface area contributed by atoms with Crippen molar-refractivity contribution in [2.45, 2.75) is 44.9 Å². The summed E-state index contributed by atoms with van der Waals surface area (Å²) in [7, 11) is 0. The Morgan fingerprint density at radius 1 is 1.10 bits per heavy atom. The number of rotatable bonds is 5. The van der Waals surface area contributed by atoms with E-state index >= 15 is 0 Å². The normalized spacial score (nSPS) is 23.9. The van der Waals surface area contributed by atoms with Crippen molar-refractivity contribution >= 4 is 23.1 Å². The predicted molar refractivity (Wildman–Crippen MR) is 115 cm³/mol. The van der Waals surface area contributed by atoms with Gasteiger partial charge in [-0.05, 0) is 63.1 Å². The molecule has 30 heavy (non-hydrogen) atoms. The van der Waals surface area contributed by atoms with E-state index in [1.54, 1.807) is 36.4 Å². The van der Waals surface area contributed by atoms with Gasteiger partial charge in [-0.15, -0.1) is 0 Å². The molecule has 158 valence electrons. The van der Waals surface area contributed by atoms with E-state index in [4.69, 9.17) is 10.5 Å². The Bertz CT molecular complexity index is 949. The number of fused-ring (bicyclic) bond motifs is 1. The van der Waals surface area contributed by atoms with Crippen LogP contribution in [-0.4, -0.2) is 53.0 Å². The summed E-state index contributed by atoms with van der Waals surface area (Å²) in [5.74, 6) is -0.611. The van der Waals surface area contributed by atoms with E-state index in [1.165, 1.54) is 11.0 Å². The summed E-state index contributed by atoms with van der Waals surface area (Å²) in [5.41, 5.74) is 6.92. The Morgan fingerprint density at radius 3 is 2.43 bits per heavy atom. The highest BCUT2D eigenvalue weighted by Crippen LogP contribution is 2.41. The molecule has 3 N–H and O–H groups in total. The van der Waals surface area contributed by atoms with Gasteiger partial charge in [-0.1, -0.05) is 6.07 Å². The molecule has 0 saturated carbocycles. The number of hydrogen-bond donors (Lipinski definition) is 2. The molecule has 1 amide bonds. The van der Waals surface area contributed by atoms with E-state index in [9.17, 15) is 14.7 Å². The fourth-order valence-electron chi connectivity index (χ4n) is 4.40. The van der Waals surface area contributed by atoms with E-state index in [1.807, 2.05) is 0 Å². The highest BCUT2D eigenvalue weighted by molar-refractivity contribution is 6.19. The molecule has 0 bridgehead atoms. The van der Waals surface area contributed by atoms with Crippen LogP contribution in [0.4, 0.5) is 11.4 Å². The summed E-state index contributed by atoms with van der Waals surface area (Å²) < 4.78 is 5.77. The number of phenols is 1. The van der Waals surface area contributed by atoms with Gasteiger partial charge in [0.05, 0.1) is 0 Å². The molecule has 7 nitrogen and oxygen atoms in total. The van der Waals surface area contributed by atoms with Gasteiger partial charge in [0.2, 0.25) is 11.9 Å². The number of hydrogen-bond acceptors (Lipinski definition) is 6. The molecule has 2 aliphatic heterocycles. The molecule has 2 aromatic rings. The van der Waals surface area contributed by atoms with Crippen LogP contribution in [0, 0.1) is 0 Å². The quantitative estimate of drug-likeness (QED) is 0.448. The largest absolute Gasteiger partial charge is 0.506 e. The summed E-state index contributed by atoms with van der Waals surface area (Å²) in [6, 6.07) is 12.1. The molecule has 1 saturated heterocycles. The van der Waals surface area contributed by atoms with Crippen molar-refractivity contribution in [2.75, 3.05) is 23.7 Å².